The van der Waals surface area contributed by atoms with Gasteiger partial charge < -0.3 is 10.4 Å². The van der Waals surface area contributed by atoms with Gasteiger partial charge in [-0.2, -0.15) is 0 Å². The molecule has 0 fully saturated rings. The molecule has 0 saturated heterocycles. The number of anilines is 1. The number of aromatic carboxylic acids is 1. The van der Waals surface area contributed by atoms with Crippen molar-refractivity contribution < 1.29 is 14.7 Å². The normalized spacial score (nSPS) is 9.95. The molecule has 0 aliphatic carbocycles. The monoisotopic (exact) mass is 277 g/mol. The highest BCUT2D eigenvalue weighted by atomic mass is 35.5. The van der Waals surface area contributed by atoms with Gasteiger partial charge in [-0.15, -0.1) is 0 Å². The molecule has 1 amide bonds. The quantitative estimate of drug-likeness (QED) is 0.896. The van der Waals surface area contributed by atoms with E-state index >= 15 is 0 Å². The summed E-state index contributed by atoms with van der Waals surface area (Å²) in [5.74, 6) is -1.76. The third-order valence-corrected chi connectivity index (χ3v) is 2.45. The summed E-state index contributed by atoms with van der Waals surface area (Å²) < 4.78 is 0. The van der Waals surface area contributed by atoms with Crippen LogP contribution in [0.3, 0.4) is 0 Å². The number of halogens is 1. The predicted molar refractivity (Wildman–Crippen MR) is 68.4 cm³/mol. The minimum absolute atomic E-state index is 0.0308. The Morgan fingerprint density at radius 1 is 1.21 bits per heavy atom. The van der Waals surface area contributed by atoms with Crippen molar-refractivity contribution in [1.29, 1.82) is 0 Å². The number of nitrogens with one attached hydrogen (secondary N) is 1. The summed E-state index contributed by atoms with van der Waals surface area (Å²) in [6.07, 6.45) is 2.71. The first-order chi connectivity index (χ1) is 9.08. The smallest absolute Gasteiger partial charge is 0.339 e. The van der Waals surface area contributed by atoms with Crippen molar-refractivity contribution in [2.24, 2.45) is 0 Å². The van der Waals surface area contributed by atoms with Crippen molar-refractivity contribution in [1.82, 2.24) is 9.97 Å². The van der Waals surface area contributed by atoms with Gasteiger partial charge in [0.05, 0.1) is 5.02 Å². The molecule has 0 unspecified atom stereocenters. The van der Waals surface area contributed by atoms with E-state index in [1.165, 1.54) is 36.7 Å². The third-order valence-electron chi connectivity index (χ3n) is 2.23. The molecule has 96 valence electrons. The Balaban J connectivity index is 2.24. The fourth-order valence-corrected chi connectivity index (χ4v) is 1.47. The summed E-state index contributed by atoms with van der Waals surface area (Å²) in [6, 6.07) is 5.76. The first kappa shape index (κ1) is 13.0. The molecule has 2 rings (SSSR count). The maximum atomic E-state index is 11.9. The van der Waals surface area contributed by atoms with E-state index < -0.39 is 11.9 Å². The Kier molecular flexibility index (Phi) is 3.72. The van der Waals surface area contributed by atoms with Crippen molar-refractivity contribution >= 4 is 29.3 Å². The maximum absolute atomic E-state index is 11.9. The number of hydrogen-bond donors (Lipinski definition) is 2. The minimum Gasteiger partial charge on any atom is -0.478 e. The van der Waals surface area contributed by atoms with Crippen molar-refractivity contribution in [3.63, 3.8) is 0 Å². The van der Waals surface area contributed by atoms with Crippen molar-refractivity contribution in [3.05, 3.63) is 52.9 Å². The van der Waals surface area contributed by atoms with Crippen molar-refractivity contribution in [3.8, 4) is 0 Å². The van der Waals surface area contributed by atoms with Crippen LogP contribution in [0.4, 0.5) is 5.82 Å². The summed E-state index contributed by atoms with van der Waals surface area (Å²) in [5.41, 5.74) is 0.0243. The fraction of sp³-hybridized carbons (Fsp3) is 0. The second-order valence-electron chi connectivity index (χ2n) is 3.52. The van der Waals surface area contributed by atoms with E-state index in [9.17, 15) is 9.59 Å². The van der Waals surface area contributed by atoms with E-state index in [1.807, 2.05) is 0 Å². The summed E-state index contributed by atoms with van der Waals surface area (Å²) in [6.45, 7) is 0. The minimum atomic E-state index is -1.17. The van der Waals surface area contributed by atoms with E-state index in [2.05, 4.69) is 15.3 Å². The van der Waals surface area contributed by atoms with Crippen molar-refractivity contribution in [2.75, 3.05) is 5.32 Å². The lowest BCUT2D eigenvalue weighted by atomic mass is 10.2. The van der Waals surface area contributed by atoms with Gasteiger partial charge in [-0.05, 0) is 24.3 Å². The van der Waals surface area contributed by atoms with Gasteiger partial charge >= 0.3 is 5.97 Å². The molecule has 2 aromatic rings. The van der Waals surface area contributed by atoms with E-state index in [1.54, 1.807) is 0 Å². The molecule has 0 atom stereocenters. The summed E-state index contributed by atoms with van der Waals surface area (Å²) in [5, 5.41) is 11.8. The van der Waals surface area contributed by atoms with E-state index in [0.29, 0.717) is 5.02 Å². The van der Waals surface area contributed by atoms with Crippen LogP contribution in [0, 0.1) is 0 Å². The summed E-state index contributed by atoms with van der Waals surface area (Å²) in [7, 11) is 0. The number of nitrogens with zero attached hydrogens (tertiary/aromatic N) is 2. The van der Waals surface area contributed by atoms with Crippen LogP contribution in [0.1, 0.15) is 20.8 Å². The summed E-state index contributed by atoms with van der Waals surface area (Å²) >= 11 is 5.66. The lowest BCUT2D eigenvalue weighted by Gasteiger charge is -2.06. The SMILES string of the molecule is O=C(Nc1ncccc1C(=O)O)c1ccc(Cl)cn1. The highest BCUT2D eigenvalue weighted by molar-refractivity contribution is 6.30. The van der Waals surface area contributed by atoms with Gasteiger partial charge in [0.1, 0.15) is 17.1 Å². The molecule has 19 heavy (non-hydrogen) atoms. The van der Waals surface area contributed by atoms with Crippen LogP contribution in [0.2, 0.25) is 5.02 Å². The summed E-state index contributed by atoms with van der Waals surface area (Å²) in [4.78, 5) is 30.5. The largest absolute Gasteiger partial charge is 0.478 e. The van der Waals surface area contributed by atoms with Crippen molar-refractivity contribution in [2.45, 2.75) is 0 Å². The molecular formula is C12H8ClN3O3. The number of pyridine rings is 2. The highest BCUT2D eigenvalue weighted by Gasteiger charge is 2.14. The zero-order valence-corrected chi connectivity index (χ0v) is 10.3. The average Bonchev–Trinajstić information content (AvgIpc) is 2.39. The number of carbonyl (C=O) groups excluding carboxylic acids is 1. The molecular weight excluding hydrogens is 270 g/mol. The molecule has 0 aliphatic rings. The lowest BCUT2D eigenvalue weighted by Crippen LogP contribution is -2.17. The zero-order chi connectivity index (χ0) is 13.8. The number of hydrogen-bond acceptors (Lipinski definition) is 4. The maximum Gasteiger partial charge on any atom is 0.339 e. The van der Waals surface area contributed by atoms with Gasteiger partial charge in [0.25, 0.3) is 5.91 Å². The van der Waals surface area contributed by atoms with E-state index in [4.69, 9.17) is 16.7 Å². The molecule has 0 bridgehead atoms. The van der Waals surface area contributed by atoms with Crippen LogP contribution in [-0.2, 0) is 0 Å². The number of amides is 1. The predicted octanol–water partition coefficient (Wildman–Crippen LogP) is 2.08. The second-order valence-corrected chi connectivity index (χ2v) is 3.96. The molecule has 2 heterocycles. The van der Waals surface area contributed by atoms with Gasteiger partial charge in [0, 0.05) is 12.4 Å². The lowest BCUT2D eigenvalue weighted by molar-refractivity contribution is 0.0697. The van der Waals surface area contributed by atoms with Gasteiger partial charge in [-0.1, -0.05) is 11.6 Å². The van der Waals surface area contributed by atoms with Crippen LogP contribution in [0.5, 0.6) is 0 Å². The Labute approximate surface area is 113 Å². The molecule has 7 heteroatoms. The molecule has 0 radical (unpaired) electrons. The standard InChI is InChI=1S/C12H8ClN3O3/c13-7-3-4-9(15-6-7)11(17)16-10-8(12(18)19)2-1-5-14-10/h1-6H,(H,18,19)(H,14,16,17). The molecule has 0 saturated carbocycles. The number of carbonyl (C=O) groups is 2. The fourth-order valence-electron chi connectivity index (χ4n) is 1.36. The number of rotatable bonds is 3. The topological polar surface area (TPSA) is 92.2 Å². The first-order valence-electron chi connectivity index (χ1n) is 5.19. The van der Waals surface area contributed by atoms with Crippen LogP contribution < -0.4 is 5.32 Å². The van der Waals surface area contributed by atoms with Crippen LogP contribution in [-0.4, -0.2) is 27.0 Å². The third kappa shape index (κ3) is 3.05. The van der Waals surface area contributed by atoms with Crippen LogP contribution in [0.15, 0.2) is 36.7 Å². The molecule has 0 aliphatic heterocycles. The Hall–Kier alpha value is -2.47. The van der Waals surface area contributed by atoms with Gasteiger partial charge in [0.15, 0.2) is 0 Å². The van der Waals surface area contributed by atoms with Gasteiger partial charge in [-0.25, -0.2) is 14.8 Å². The highest BCUT2D eigenvalue weighted by Crippen LogP contribution is 2.13. The molecule has 0 aromatic carbocycles. The molecule has 2 N–H and O–H groups in total. The van der Waals surface area contributed by atoms with Crippen LogP contribution >= 0.6 is 11.6 Å². The van der Waals surface area contributed by atoms with E-state index in [0.717, 1.165) is 0 Å². The average molecular weight is 278 g/mol. The Morgan fingerprint density at radius 3 is 2.63 bits per heavy atom. The van der Waals surface area contributed by atoms with Gasteiger partial charge in [-0.3, -0.25) is 4.79 Å². The van der Waals surface area contributed by atoms with Crippen LogP contribution in [0.25, 0.3) is 0 Å². The molecule has 2 aromatic heterocycles. The second kappa shape index (κ2) is 5.45. The number of carboxylic acid groups (broad SMARTS) is 1. The Bertz CT molecular complexity index is 628. The first-order valence-corrected chi connectivity index (χ1v) is 5.57. The Morgan fingerprint density at radius 2 is 2.00 bits per heavy atom. The number of carboxylic acids is 1. The van der Waals surface area contributed by atoms with Gasteiger partial charge in [0.2, 0.25) is 0 Å². The molecule has 6 nitrogen and oxygen atoms in total. The van der Waals surface area contributed by atoms with E-state index in [-0.39, 0.29) is 17.1 Å². The zero-order valence-electron chi connectivity index (χ0n) is 9.50. The number of aromatic nitrogens is 2. The molecule has 0 spiro atoms.